The Hall–Kier alpha value is -10.0. The molecular weight excluding hydrogens is 989 g/mol. The molecule has 0 unspecified atom stereocenters. The molecule has 2 nitrogen and oxygen atoms in total. The predicted octanol–water partition coefficient (Wildman–Crippen LogP) is 19.7. The van der Waals surface area contributed by atoms with E-state index >= 15 is 0 Å². The van der Waals surface area contributed by atoms with E-state index in [9.17, 15) is 0 Å². The summed E-state index contributed by atoms with van der Waals surface area (Å²) in [4.78, 5) is 0. The summed E-state index contributed by atoms with van der Waals surface area (Å²) in [5.74, 6) is 0. The molecule has 2 aromatic heterocycles. The lowest BCUT2D eigenvalue weighted by molar-refractivity contribution is 0.563. The van der Waals surface area contributed by atoms with Crippen molar-refractivity contribution in [1.82, 2.24) is 9.13 Å². The van der Waals surface area contributed by atoms with Gasteiger partial charge in [0.05, 0.1) is 22.1 Å². The van der Waals surface area contributed by atoms with Crippen LogP contribution in [0.15, 0.2) is 267 Å². The zero-order valence-corrected chi connectivity index (χ0v) is 45.1. The molecule has 0 amide bonds. The summed E-state index contributed by atoms with van der Waals surface area (Å²) in [6.07, 6.45) is 3.97. The van der Waals surface area contributed by atoms with Gasteiger partial charge in [-0.3, -0.25) is 0 Å². The number of hydrogen-bond acceptors (Lipinski definition) is 0. The van der Waals surface area contributed by atoms with Crippen molar-refractivity contribution in [3.05, 3.63) is 311 Å². The lowest BCUT2D eigenvalue weighted by Crippen LogP contribution is -2.25. The number of fused-ring (bicyclic) bond motifs is 20. The SMILES string of the molecule is c1ccc2c(c1)CC1(C2)c2ccccc2-c2ccc(-c3c4ccc(-n5c6ccccc6c6ccccc65)cc4c(-c4ccc5c(c4)C4(Cc6ccccc6C4)c4ccccc4-5)c4ccc(-n5c6ccccc6c6ccccc65)cc34)cc21. The highest BCUT2D eigenvalue weighted by Gasteiger charge is 2.48. The molecule has 0 saturated carbocycles. The second-order valence-corrected chi connectivity index (χ2v) is 24.0. The van der Waals surface area contributed by atoms with Crippen molar-refractivity contribution in [1.29, 1.82) is 0 Å². The smallest absolute Gasteiger partial charge is 0.0541 e. The molecule has 19 rings (SSSR count). The third kappa shape index (κ3) is 5.88. The van der Waals surface area contributed by atoms with Crippen molar-refractivity contribution in [3.63, 3.8) is 0 Å². The zero-order valence-electron chi connectivity index (χ0n) is 45.1. The van der Waals surface area contributed by atoms with Gasteiger partial charge in [0.25, 0.3) is 0 Å². The Kier molecular flexibility index (Phi) is 8.91. The molecule has 382 valence electrons. The van der Waals surface area contributed by atoms with Gasteiger partial charge in [0.15, 0.2) is 0 Å². The Labute approximate surface area is 475 Å². The normalized spacial score (nSPS) is 14.8. The summed E-state index contributed by atoms with van der Waals surface area (Å²) in [7, 11) is 0. The number of nitrogens with zero attached hydrogens (tertiary/aromatic N) is 2. The molecule has 15 aromatic rings. The highest BCUT2D eigenvalue weighted by Crippen LogP contribution is 2.59. The number of aromatic nitrogens is 2. The Balaban J connectivity index is 0.940. The van der Waals surface area contributed by atoms with Crippen molar-refractivity contribution in [2.45, 2.75) is 36.5 Å². The third-order valence-corrected chi connectivity index (χ3v) is 20.1. The van der Waals surface area contributed by atoms with Crippen molar-refractivity contribution in [2.75, 3.05) is 0 Å². The molecule has 4 aliphatic rings. The summed E-state index contributed by atoms with van der Waals surface area (Å²) in [6, 6.07) is 103. The Morgan fingerprint density at radius 3 is 0.927 bits per heavy atom. The first-order chi connectivity index (χ1) is 40.6. The van der Waals surface area contributed by atoms with E-state index in [1.165, 1.54) is 154 Å². The zero-order chi connectivity index (χ0) is 53.4. The van der Waals surface area contributed by atoms with Gasteiger partial charge >= 0.3 is 0 Å². The van der Waals surface area contributed by atoms with Crippen LogP contribution in [0.1, 0.15) is 44.5 Å². The molecule has 0 saturated heterocycles. The van der Waals surface area contributed by atoms with Gasteiger partial charge in [0.2, 0.25) is 0 Å². The fourth-order valence-electron chi connectivity index (χ4n) is 16.7. The summed E-state index contributed by atoms with van der Waals surface area (Å²) in [5, 5.41) is 10.0. The molecule has 0 N–H and O–H groups in total. The minimum atomic E-state index is -0.160. The quantitative estimate of drug-likeness (QED) is 0.156. The summed E-state index contributed by atoms with van der Waals surface area (Å²) in [6.45, 7) is 0. The molecule has 2 heteroatoms. The second-order valence-electron chi connectivity index (χ2n) is 24.0. The first-order valence-electron chi connectivity index (χ1n) is 29.2. The summed E-state index contributed by atoms with van der Waals surface area (Å²) < 4.78 is 5.00. The van der Waals surface area contributed by atoms with Crippen LogP contribution in [-0.2, 0) is 36.5 Å². The molecule has 2 spiro atoms. The van der Waals surface area contributed by atoms with E-state index in [1.54, 1.807) is 0 Å². The first kappa shape index (κ1) is 44.8. The van der Waals surface area contributed by atoms with Crippen molar-refractivity contribution >= 4 is 65.2 Å². The molecule has 13 aromatic carbocycles. The molecule has 2 heterocycles. The number of hydrogen-bond donors (Lipinski definition) is 0. The molecule has 82 heavy (non-hydrogen) atoms. The first-order valence-corrected chi connectivity index (χ1v) is 29.2. The van der Waals surface area contributed by atoms with Crippen LogP contribution in [0, 0.1) is 0 Å². The van der Waals surface area contributed by atoms with Gasteiger partial charge < -0.3 is 9.13 Å². The van der Waals surface area contributed by atoms with Crippen LogP contribution >= 0.6 is 0 Å². The maximum atomic E-state index is 2.62. The van der Waals surface area contributed by atoms with Gasteiger partial charge in [-0.25, -0.2) is 0 Å². The monoisotopic (exact) mass is 1040 g/mol. The van der Waals surface area contributed by atoms with Crippen molar-refractivity contribution < 1.29 is 0 Å². The van der Waals surface area contributed by atoms with Crippen LogP contribution in [0.3, 0.4) is 0 Å². The number of para-hydroxylation sites is 4. The standard InChI is InChI=1S/C80H52N2/c1-2-18-52-46-79(45-51(52)17-1)69-27-11-5-21-57(69)59-37-33-49(41-71(59)79)77-65-39-35-56(82-75-31-15-9-25-63(75)64-26-10-16-32-76(64)82)44-68(65)78(66-40-36-55(43-67(66)77)81-73-29-13-7-23-61(73)62-24-8-14-30-74(62)81)50-34-38-60-58-22-6-12-28-70(58)80(72(60)42-50)47-53-19-3-4-20-54(53)48-80/h1-44H,45-48H2. The number of rotatable bonds is 4. The summed E-state index contributed by atoms with van der Waals surface area (Å²) >= 11 is 0. The van der Waals surface area contributed by atoms with Gasteiger partial charge in [-0.15, -0.1) is 0 Å². The Morgan fingerprint density at radius 2 is 0.549 bits per heavy atom. The molecule has 0 fully saturated rings. The predicted molar refractivity (Wildman–Crippen MR) is 341 cm³/mol. The largest absolute Gasteiger partial charge is 0.309 e. The minimum Gasteiger partial charge on any atom is -0.309 e. The molecule has 0 radical (unpaired) electrons. The minimum absolute atomic E-state index is 0.160. The molecule has 0 bridgehead atoms. The fourth-order valence-corrected chi connectivity index (χ4v) is 16.7. The van der Waals surface area contributed by atoms with Crippen molar-refractivity contribution in [2.24, 2.45) is 0 Å². The average Bonchev–Trinajstić information content (AvgIpc) is 3.53. The van der Waals surface area contributed by atoms with E-state index in [0.717, 1.165) is 37.1 Å². The third-order valence-electron chi connectivity index (χ3n) is 20.1. The van der Waals surface area contributed by atoms with E-state index < -0.39 is 0 Å². The van der Waals surface area contributed by atoms with Crippen LogP contribution in [-0.4, -0.2) is 9.13 Å². The maximum Gasteiger partial charge on any atom is 0.0541 e. The molecule has 0 aliphatic heterocycles. The lowest BCUT2D eigenvalue weighted by Gasteiger charge is -2.28. The van der Waals surface area contributed by atoms with E-state index in [2.05, 4.69) is 276 Å². The van der Waals surface area contributed by atoms with Crippen LogP contribution in [0.2, 0.25) is 0 Å². The average molecular weight is 1040 g/mol. The van der Waals surface area contributed by atoms with E-state index in [4.69, 9.17) is 0 Å². The summed E-state index contributed by atoms with van der Waals surface area (Å²) in [5.41, 5.74) is 29.0. The highest BCUT2D eigenvalue weighted by molar-refractivity contribution is 6.23. The van der Waals surface area contributed by atoms with Gasteiger partial charge in [-0.05, 0) is 197 Å². The van der Waals surface area contributed by atoms with E-state index in [-0.39, 0.29) is 10.8 Å². The van der Waals surface area contributed by atoms with Crippen LogP contribution in [0.4, 0.5) is 0 Å². The van der Waals surface area contributed by atoms with Gasteiger partial charge in [-0.1, -0.05) is 206 Å². The molecule has 0 atom stereocenters. The van der Waals surface area contributed by atoms with E-state index in [0.29, 0.717) is 0 Å². The van der Waals surface area contributed by atoms with Crippen molar-refractivity contribution in [3.8, 4) is 55.9 Å². The highest BCUT2D eigenvalue weighted by atomic mass is 15.0. The van der Waals surface area contributed by atoms with Crippen LogP contribution in [0.5, 0.6) is 0 Å². The Bertz CT molecular complexity index is 4820. The van der Waals surface area contributed by atoms with E-state index in [1.807, 2.05) is 0 Å². The molecule has 4 aliphatic carbocycles. The van der Waals surface area contributed by atoms with Gasteiger partial charge in [-0.2, -0.15) is 0 Å². The molecular formula is C80H52N2. The maximum absolute atomic E-state index is 2.62. The van der Waals surface area contributed by atoms with Gasteiger partial charge in [0, 0.05) is 43.7 Å². The van der Waals surface area contributed by atoms with Crippen LogP contribution < -0.4 is 0 Å². The lowest BCUT2D eigenvalue weighted by atomic mass is 9.74. The Morgan fingerprint density at radius 1 is 0.232 bits per heavy atom. The topological polar surface area (TPSA) is 9.86 Å². The number of benzene rings is 13. The second kappa shape index (κ2) is 16.3. The van der Waals surface area contributed by atoms with Crippen LogP contribution in [0.25, 0.3) is 121 Å². The van der Waals surface area contributed by atoms with Gasteiger partial charge in [0.1, 0.15) is 0 Å². The fraction of sp³-hybridized carbons (Fsp3) is 0.0750.